The maximum absolute atomic E-state index is 11.9. The fourth-order valence-electron chi connectivity index (χ4n) is 2.08. The lowest BCUT2D eigenvalue weighted by atomic mass is 9.66. The minimum atomic E-state index is -0.142. The minimum Gasteiger partial charge on any atom is -0.330 e. The van der Waals surface area contributed by atoms with Crippen molar-refractivity contribution >= 4 is 34.9 Å². The Bertz CT molecular complexity index is 457. The quantitative estimate of drug-likeness (QED) is 0.833. The van der Waals surface area contributed by atoms with Crippen LogP contribution in [0.3, 0.4) is 0 Å². The molecule has 0 aromatic carbocycles. The van der Waals surface area contributed by atoms with E-state index in [-0.39, 0.29) is 27.3 Å². The predicted molar refractivity (Wildman–Crippen MR) is 70.6 cm³/mol. The van der Waals surface area contributed by atoms with E-state index in [4.69, 9.17) is 28.9 Å². The SMILES string of the molecule is NCC1(CC(=O)Nc2ncnc(Cl)c2Cl)CCC1. The molecule has 1 aliphatic carbocycles. The summed E-state index contributed by atoms with van der Waals surface area (Å²) in [6.45, 7) is 0.526. The number of halogens is 2. The van der Waals surface area contributed by atoms with Crippen LogP contribution in [-0.4, -0.2) is 22.4 Å². The Morgan fingerprint density at radius 3 is 2.72 bits per heavy atom. The van der Waals surface area contributed by atoms with Crippen LogP contribution in [0.5, 0.6) is 0 Å². The molecule has 18 heavy (non-hydrogen) atoms. The smallest absolute Gasteiger partial charge is 0.226 e. The van der Waals surface area contributed by atoms with Crippen LogP contribution in [0.4, 0.5) is 5.82 Å². The summed E-state index contributed by atoms with van der Waals surface area (Å²) in [5.41, 5.74) is 5.66. The van der Waals surface area contributed by atoms with E-state index in [0.29, 0.717) is 13.0 Å². The van der Waals surface area contributed by atoms with Gasteiger partial charge in [-0.1, -0.05) is 29.6 Å². The van der Waals surface area contributed by atoms with Gasteiger partial charge in [0.25, 0.3) is 0 Å². The van der Waals surface area contributed by atoms with Crippen molar-refractivity contribution in [2.45, 2.75) is 25.7 Å². The lowest BCUT2D eigenvalue weighted by Crippen LogP contribution is -2.40. The number of hydrogen-bond donors (Lipinski definition) is 2. The zero-order chi connectivity index (χ0) is 13.2. The molecule has 0 bridgehead atoms. The topological polar surface area (TPSA) is 80.9 Å². The first-order valence-electron chi connectivity index (χ1n) is 5.72. The lowest BCUT2D eigenvalue weighted by molar-refractivity contribution is -0.119. The van der Waals surface area contributed by atoms with Gasteiger partial charge in [0.15, 0.2) is 11.0 Å². The number of anilines is 1. The Labute approximate surface area is 115 Å². The molecule has 1 heterocycles. The number of carbonyl (C=O) groups is 1. The second-order valence-corrected chi connectivity index (χ2v) is 5.35. The summed E-state index contributed by atoms with van der Waals surface area (Å²) in [4.78, 5) is 19.5. The van der Waals surface area contributed by atoms with Gasteiger partial charge >= 0.3 is 0 Å². The Hall–Kier alpha value is -0.910. The molecule has 0 saturated heterocycles. The molecule has 1 aromatic rings. The van der Waals surface area contributed by atoms with Crippen LogP contribution in [0.2, 0.25) is 10.2 Å². The summed E-state index contributed by atoms with van der Waals surface area (Å²) in [6, 6.07) is 0. The molecule has 0 atom stereocenters. The maximum atomic E-state index is 11.9. The van der Waals surface area contributed by atoms with E-state index in [2.05, 4.69) is 15.3 Å². The summed E-state index contributed by atoms with van der Waals surface area (Å²) in [5, 5.41) is 2.93. The monoisotopic (exact) mass is 288 g/mol. The average molecular weight is 289 g/mol. The van der Waals surface area contributed by atoms with Crippen LogP contribution < -0.4 is 11.1 Å². The summed E-state index contributed by atoms with van der Waals surface area (Å²) >= 11 is 11.6. The third-order valence-corrected chi connectivity index (χ3v) is 4.13. The molecule has 3 N–H and O–H groups in total. The van der Waals surface area contributed by atoms with Gasteiger partial charge in [0, 0.05) is 6.42 Å². The Morgan fingerprint density at radius 2 is 2.17 bits per heavy atom. The van der Waals surface area contributed by atoms with E-state index in [1.807, 2.05) is 0 Å². The van der Waals surface area contributed by atoms with E-state index >= 15 is 0 Å². The largest absolute Gasteiger partial charge is 0.330 e. The highest BCUT2D eigenvalue weighted by Gasteiger charge is 2.37. The zero-order valence-corrected chi connectivity index (χ0v) is 11.3. The summed E-state index contributed by atoms with van der Waals surface area (Å²) in [7, 11) is 0. The Morgan fingerprint density at radius 1 is 1.44 bits per heavy atom. The molecule has 0 unspecified atom stereocenters. The third-order valence-electron chi connectivity index (χ3n) is 3.39. The van der Waals surface area contributed by atoms with Gasteiger partial charge in [0.05, 0.1) is 0 Å². The zero-order valence-electron chi connectivity index (χ0n) is 9.75. The number of nitrogens with zero attached hydrogens (tertiary/aromatic N) is 2. The fourth-order valence-corrected chi connectivity index (χ4v) is 2.36. The minimum absolute atomic E-state index is 0.0482. The van der Waals surface area contributed by atoms with Crippen molar-refractivity contribution in [3.05, 3.63) is 16.5 Å². The number of nitrogens with one attached hydrogen (secondary N) is 1. The van der Waals surface area contributed by atoms with Crippen LogP contribution in [0.25, 0.3) is 0 Å². The van der Waals surface area contributed by atoms with Crippen molar-refractivity contribution in [3.8, 4) is 0 Å². The molecule has 1 fully saturated rings. The molecular weight excluding hydrogens is 275 g/mol. The van der Waals surface area contributed by atoms with Gasteiger partial charge in [-0.2, -0.15) is 0 Å². The van der Waals surface area contributed by atoms with E-state index in [1.54, 1.807) is 0 Å². The van der Waals surface area contributed by atoms with Gasteiger partial charge in [-0.05, 0) is 24.8 Å². The van der Waals surface area contributed by atoms with Gasteiger partial charge in [-0.3, -0.25) is 4.79 Å². The number of aromatic nitrogens is 2. The first-order chi connectivity index (χ1) is 8.56. The number of hydrogen-bond acceptors (Lipinski definition) is 4. The highest BCUT2D eigenvalue weighted by molar-refractivity contribution is 6.42. The normalized spacial score (nSPS) is 17.1. The molecule has 0 radical (unpaired) electrons. The molecule has 1 aromatic heterocycles. The second-order valence-electron chi connectivity index (χ2n) is 4.61. The summed E-state index contributed by atoms with van der Waals surface area (Å²) in [5.74, 6) is 0.102. The first kappa shape index (κ1) is 13.5. The molecule has 0 aliphatic heterocycles. The predicted octanol–water partition coefficient (Wildman–Crippen LogP) is 2.24. The number of rotatable bonds is 4. The van der Waals surface area contributed by atoms with Crippen molar-refractivity contribution in [2.24, 2.45) is 11.1 Å². The number of nitrogens with two attached hydrogens (primary N) is 1. The summed E-state index contributed by atoms with van der Waals surface area (Å²) < 4.78 is 0. The second kappa shape index (κ2) is 5.38. The standard InChI is InChI=1S/C11H14Cl2N4O/c12-8-9(13)15-6-16-10(8)17-7(18)4-11(5-14)2-1-3-11/h6H,1-5,14H2,(H,15,16,17,18). The van der Waals surface area contributed by atoms with Crippen molar-refractivity contribution in [2.75, 3.05) is 11.9 Å². The number of carbonyl (C=O) groups excluding carboxylic acids is 1. The molecule has 5 nitrogen and oxygen atoms in total. The van der Waals surface area contributed by atoms with Gasteiger partial charge in [0.1, 0.15) is 11.3 Å². The van der Waals surface area contributed by atoms with Gasteiger partial charge in [-0.15, -0.1) is 0 Å². The van der Waals surface area contributed by atoms with Crippen molar-refractivity contribution in [3.63, 3.8) is 0 Å². The van der Waals surface area contributed by atoms with E-state index < -0.39 is 0 Å². The first-order valence-corrected chi connectivity index (χ1v) is 6.48. The van der Waals surface area contributed by atoms with Crippen LogP contribution >= 0.6 is 23.2 Å². The Kier molecular flexibility index (Phi) is 4.04. The van der Waals surface area contributed by atoms with E-state index in [1.165, 1.54) is 6.33 Å². The highest BCUT2D eigenvalue weighted by Crippen LogP contribution is 2.43. The van der Waals surface area contributed by atoms with Crippen molar-refractivity contribution < 1.29 is 4.79 Å². The maximum Gasteiger partial charge on any atom is 0.226 e. The van der Waals surface area contributed by atoms with Crippen molar-refractivity contribution in [1.29, 1.82) is 0 Å². The molecule has 1 amide bonds. The van der Waals surface area contributed by atoms with E-state index in [9.17, 15) is 4.79 Å². The molecule has 1 saturated carbocycles. The van der Waals surface area contributed by atoms with Crippen LogP contribution in [0, 0.1) is 5.41 Å². The molecule has 7 heteroatoms. The number of amides is 1. The van der Waals surface area contributed by atoms with Crippen LogP contribution in [0.15, 0.2) is 6.33 Å². The van der Waals surface area contributed by atoms with Crippen LogP contribution in [0.1, 0.15) is 25.7 Å². The highest BCUT2D eigenvalue weighted by atomic mass is 35.5. The lowest BCUT2D eigenvalue weighted by Gasteiger charge is -2.40. The van der Waals surface area contributed by atoms with E-state index in [0.717, 1.165) is 19.3 Å². The molecule has 98 valence electrons. The summed E-state index contributed by atoms with van der Waals surface area (Å²) in [6.07, 6.45) is 4.77. The van der Waals surface area contributed by atoms with Crippen molar-refractivity contribution in [1.82, 2.24) is 9.97 Å². The van der Waals surface area contributed by atoms with Gasteiger partial charge < -0.3 is 11.1 Å². The van der Waals surface area contributed by atoms with Gasteiger partial charge in [-0.25, -0.2) is 9.97 Å². The molecular formula is C11H14Cl2N4O. The van der Waals surface area contributed by atoms with Crippen LogP contribution in [-0.2, 0) is 4.79 Å². The van der Waals surface area contributed by atoms with Gasteiger partial charge in [0.2, 0.25) is 5.91 Å². The Balaban J connectivity index is 2.01. The molecule has 2 rings (SSSR count). The fraction of sp³-hybridized carbons (Fsp3) is 0.545. The third kappa shape index (κ3) is 2.74. The molecule has 0 spiro atoms. The molecule has 1 aliphatic rings. The average Bonchev–Trinajstić information content (AvgIpc) is 2.30.